The van der Waals surface area contributed by atoms with Crippen LogP contribution in [0.25, 0.3) is 0 Å². The van der Waals surface area contributed by atoms with Gasteiger partial charge in [0.2, 0.25) is 5.91 Å². The van der Waals surface area contributed by atoms with Crippen molar-refractivity contribution >= 4 is 17.2 Å². The van der Waals surface area contributed by atoms with Gasteiger partial charge in [-0.3, -0.25) is 4.79 Å². The molecule has 0 aliphatic carbocycles. The Morgan fingerprint density at radius 3 is 2.80 bits per heavy atom. The third-order valence-corrected chi connectivity index (χ3v) is 5.28. The lowest BCUT2D eigenvalue weighted by molar-refractivity contribution is -0.123. The number of rotatable bonds is 7. The summed E-state index contributed by atoms with van der Waals surface area (Å²) in [5.74, 6) is -0.364. The van der Waals surface area contributed by atoms with Gasteiger partial charge < -0.3 is 10.4 Å². The molecule has 4 N–H and O–H groups in total. The second kappa shape index (κ2) is 8.53. The van der Waals surface area contributed by atoms with E-state index in [2.05, 4.69) is 16.2 Å². The normalized spacial score (nSPS) is 21.2. The van der Waals surface area contributed by atoms with E-state index in [1.807, 2.05) is 17.5 Å². The highest BCUT2D eigenvalue weighted by atomic mass is 32.1. The fraction of sp³-hybridized carbons (Fsp3) is 0.389. The van der Waals surface area contributed by atoms with Gasteiger partial charge in [0.05, 0.1) is 0 Å². The molecule has 1 aliphatic rings. The first-order chi connectivity index (χ1) is 12.2. The topological polar surface area (TPSA) is 73.4 Å². The molecule has 1 aromatic heterocycles. The summed E-state index contributed by atoms with van der Waals surface area (Å²) in [6.07, 6.45) is 1.34. The Balaban J connectivity index is 1.47. The maximum Gasteiger partial charge on any atom is 0.238 e. The molecule has 134 valence electrons. The van der Waals surface area contributed by atoms with Crippen LogP contribution in [-0.4, -0.2) is 30.2 Å². The molecule has 3 rings (SSSR count). The third kappa shape index (κ3) is 4.85. The number of aliphatic hydroxyl groups is 1. The smallest absolute Gasteiger partial charge is 0.238 e. The van der Waals surface area contributed by atoms with Gasteiger partial charge in [0.25, 0.3) is 0 Å². The van der Waals surface area contributed by atoms with Gasteiger partial charge in [0, 0.05) is 30.0 Å². The number of nitrogens with one attached hydrogen (secondary N) is 3. The van der Waals surface area contributed by atoms with Crippen molar-refractivity contribution in [2.75, 3.05) is 13.2 Å². The van der Waals surface area contributed by atoms with Crippen molar-refractivity contribution in [1.29, 1.82) is 0 Å². The third-order valence-electron chi connectivity index (χ3n) is 4.39. The van der Waals surface area contributed by atoms with Gasteiger partial charge in [-0.25, -0.2) is 15.2 Å². The van der Waals surface area contributed by atoms with Crippen LogP contribution in [0.5, 0.6) is 0 Å². The largest absolute Gasteiger partial charge is 0.396 e. The molecule has 2 aromatic rings. The molecule has 0 bridgehead atoms. The molecular weight excluding hydrogens is 341 g/mol. The molecule has 0 spiro atoms. The van der Waals surface area contributed by atoms with Crippen LogP contribution < -0.4 is 16.2 Å². The van der Waals surface area contributed by atoms with Gasteiger partial charge in [-0.05, 0) is 42.0 Å². The average molecular weight is 363 g/mol. The first-order valence-corrected chi connectivity index (χ1v) is 9.21. The second-order valence-electron chi connectivity index (χ2n) is 6.26. The van der Waals surface area contributed by atoms with Gasteiger partial charge >= 0.3 is 0 Å². The van der Waals surface area contributed by atoms with E-state index in [0.29, 0.717) is 13.0 Å². The molecule has 25 heavy (non-hydrogen) atoms. The van der Waals surface area contributed by atoms with Gasteiger partial charge in [-0.15, -0.1) is 11.3 Å². The Morgan fingerprint density at radius 2 is 2.12 bits per heavy atom. The lowest BCUT2D eigenvalue weighted by Crippen LogP contribution is -2.45. The first-order valence-electron chi connectivity index (χ1n) is 8.33. The van der Waals surface area contributed by atoms with Crippen LogP contribution in [0.4, 0.5) is 4.39 Å². The zero-order chi connectivity index (χ0) is 17.6. The highest BCUT2D eigenvalue weighted by molar-refractivity contribution is 7.09. The molecule has 7 heteroatoms. The molecule has 1 amide bonds. The van der Waals surface area contributed by atoms with E-state index in [-0.39, 0.29) is 36.3 Å². The molecule has 2 heterocycles. The van der Waals surface area contributed by atoms with Crippen molar-refractivity contribution in [1.82, 2.24) is 16.2 Å². The molecule has 1 saturated heterocycles. The number of carbonyl (C=O) groups excluding carboxylic acids is 1. The van der Waals surface area contributed by atoms with E-state index < -0.39 is 0 Å². The predicted molar refractivity (Wildman–Crippen MR) is 95.4 cm³/mol. The Bertz CT molecular complexity index is 678. The molecule has 1 aromatic carbocycles. The SMILES string of the molecule is O=C(NCC(CO)Cc1cccs1)C1CC(c2ccc(F)cc2)NN1. The van der Waals surface area contributed by atoms with Crippen LogP contribution in [0.2, 0.25) is 0 Å². The summed E-state index contributed by atoms with van der Waals surface area (Å²) < 4.78 is 13.0. The van der Waals surface area contributed by atoms with Gasteiger partial charge in [-0.1, -0.05) is 18.2 Å². The van der Waals surface area contributed by atoms with Crippen LogP contribution in [-0.2, 0) is 11.2 Å². The average Bonchev–Trinajstić information content (AvgIpc) is 3.30. The Labute approximate surface area is 150 Å². The zero-order valence-corrected chi connectivity index (χ0v) is 14.6. The summed E-state index contributed by atoms with van der Waals surface area (Å²) in [7, 11) is 0. The van der Waals surface area contributed by atoms with Crippen LogP contribution in [0.1, 0.15) is 22.9 Å². The lowest BCUT2D eigenvalue weighted by atomic mass is 10.0. The van der Waals surface area contributed by atoms with E-state index in [1.54, 1.807) is 23.5 Å². The Kier molecular flexibility index (Phi) is 6.14. The lowest BCUT2D eigenvalue weighted by Gasteiger charge is -2.16. The molecule has 3 unspecified atom stereocenters. The molecule has 1 fully saturated rings. The summed E-state index contributed by atoms with van der Waals surface area (Å²) in [4.78, 5) is 13.5. The number of carbonyl (C=O) groups is 1. The number of benzene rings is 1. The second-order valence-corrected chi connectivity index (χ2v) is 7.29. The van der Waals surface area contributed by atoms with Crippen molar-refractivity contribution in [2.24, 2.45) is 5.92 Å². The number of hydrazine groups is 1. The number of thiophene rings is 1. The molecule has 5 nitrogen and oxygen atoms in total. The van der Waals surface area contributed by atoms with Crippen molar-refractivity contribution in [3.8, 4) is 0 Å². The highest BCUT2D eigenvalue weighted by Gasteiger charge is 2.30. The zero-order valence-electron chi connectivity index (χ0n) is 13.7. The molecule has 3 atom stereocenters. The molecular formula is C18H22FN3O2S. The van der Waals surface area contributed by atoms with Crippen LogP contribution in [0.3, 0.4) is 0 Å². The molecule has 0 radical (unpaired) electrons. The minimum Gasteiger partial charge on any atom is -0.396 e. The Morgan fingerprint density at radius 1 is 1.32 bits per heavy atom. The quantitative estimate of drug-likeness (QED) is 0.605. The van der Waals surface area contributed by atoms with E-state index in [1.165, 1.54) is 17.0 Å². The maximum absolute atomic E-state index is 13.0. The van der Waals surface area contributed by atoms with Crippen molar-refractivity contribution in [3.63, 3.8) is 0 Å². The van der Waals surface area contributed by atoms with Crippen LogP contribution >= 0.6 is 11.3 Å². The van der Waals surface area contributed by atoms with Gasteiger partial charge in [-0.2, -0.15) is 0 Å². The summed E-state index contributed by atoms with van der Waals surface area (Å²) in [5.41, 5.74) is 7.01. The predicted octanol–water partition coefficient (Wildman–Crippen LogP) is 1.76. The number of hydrogen-bond acceptors (Lipinski definition) is 5. The van der Waals surface area contributed by atoms with Crippen LogP contribution in [0.15, 0.2) is 41.8 Å². The van der Waals surface area contributed by atoms with Crippen molar-refractivity contribution in [2.45, 2.75) is 24.9 Å². The fourth-order valence-electron chi connectivity index (χ4n) is 2.92. The van der Waals surface area contributed by atoms with Crippen molar-refractivity contribution in [3.05, 3.63) is 58.0 Å². The fourth-order valence-corrected chi connectivity index (χ4v) is 3.75. The van der Waals surface area contributed by atoms with E-state index in [4.69, 9.17) is 0 Å². The van der Waals surface area contributed by atoms with Gasteiger partial charge in [0.1, 0.15) is 11.9 Å². The number of halogens is 1. The first kappa shape index (κ1) is 18.0. The van der Waals surface area contributed by atoms with Crippen molar-refractivity contribution < 1.29 is 14.3 Å². The summed E-state index contributed by atoms with van der Waals surface area (Å²) in [6.45, 7) is 0.472. The summed E-state index contributed by atoms with van der Waals surface area (Å²) in [5, 5.41) is 14.4. The number of hydrogen-bond donors (Lipinski definition) is 4. The minimum absolute atomic E-state index is 0.00450. The number of aliphatic hydroxyl groups excluding tert-OH is 1. The van der Waals surface area contributed by atoms with E-state index >= 15 is 0 Å². The Hall–Kier alpha value is -1.80. The summed E-state index contributed by atoms with van der Waals surface area (Å²) in [6, 6.07) is 9.91. The van der Waals surface area contributed by atoms with Crippen LogP contribution in [0, 0.1) is 11.7 Å². The summed E-state index contributed by atoms with van der Waals surface area (Å²) >= 11 is 1.65. The van der Waals surface area contributed by atoms with E-state index in [0.717, 1.165) is 12.0 Å². The minimum atomic E-state index is -0.351. The molecule has 0 saturated carbocycles. The number of amides is 1. The standard InChI is InChI=1S/C18H22FN3O2S/c19-14-5-3-13(4-6-14)16-9-17(22-21-16)18(24)20-10-12(11-23)8-15-2-1-7-25-15/h1-7,12,16-17,21-23H,8-11H2,(H,20,24). The monoisotopic (exact) mass is 363 g/mol. The molecule has 1 aliphatic heterocycles. The van der Waals surface area contributed by atoms with E-state index in [9.17, 15) is 14.3 Å². The highest BCUT2D eigenvalue weighted by Crippen LogP contribution is 2.22. The maximum atomic E-state index is 13.0. The van der Waals surface area contributed by atoms with Gasteiger partial charge in [0.15, 0.2) is 0 Å².